The summed E-state index contributed by atoms with van der Waals surface area (Å²) in [5, 5.41) is 0. The quantitative estimate of drug-likeness (QED) is 0.612. The number of likely N-dealkylation sites (tertiary alicyclic amines) is 2. The van der Waals surface area contributed by atoms with Crippen molar-refractivity contribution in [3.63, 3.8) is 0 Å². The molecule has 2 aliphatic rings. The van der Waals surface area contributed by atoms with Crippen molar-refractivity contribution in [2.75, 3.05) is 26.2 Å². The molecule has 2 aliphatic heterocycles. The number of rotatable bonds is 5. The number of halogens is 4. The fraction of sp³-hybridized carbons (Fsp3) is 0.435. The van der Waals surface area contributed by atoms with E-state index in [0.29, 0.717) is 17.7 Å². The van der Waals surface area contributed by atoms with Crippen LogP contribution in [0.3, 0.4) is 0 Å². The van der Waals surface area contributed by atoms with E-state index in [-0.39, 0.29) is 23.3 Å². The lowest BCUT2D eigenvalue weighted by Crippen LogP contribution is -2.42. The maximum atomic E-state index is 14.8. The maximum Gasteiger partial charge on any atom is 0.573 e. The summed E-state index contributed by atoms with van der Waals surface area (Å²) >= 11 is 0. The molecule has 2 fully saturated rings. The number of alkyl halides is 3. The zero-order valence-corrected chi connectivity index (χ0v) is 17.0. The van der Waals surface area contributed by atoms with Crippen LogP contribution >= 0.6 is 0 Å². The van der Waals surface area contributed by atoms with Crippen LogP contribution in [-0.4, -0.2) is 54.3 Å². The lowest BCUT2D eigenvalue weighted by molar-refractivity contribution is -0.274. The molecule has 2 saturated heterocycles. The molecule has 0 spiro atoms. The van der Waals surface area contributed by atoms with Crippen LogP contribution in [0.4, 0.5) is 17.6 Å². The van der Waals surface area contributed by atoms with Gasteiger partial charge in [-0.15, -0.1) is 13.2 Å². The van der Waals surface area contributed by atoms with Gasteiger partial charge in [-0.05, 0) is 74.2 Å². The molecular formula is C23H24F4N2O2. The predicted molar refractivity (Wildman–Crippen MR) is 108 cm³/mol. The van der Waals surface area contributed by atoms with Crippen molar-refractivity contribution in [1.29, 1.82) is 0 Å². The van der Waals surface area contributed by atoms with Crippen LogP contribution in [-0.2, 0) is 0 Å². The van der Waals surface area contributed by atoms with Crippen LogP contribution in [0.25, 0.3) is 11.1 Å². The van der Waals surface area contributed by atoms with Gasteiger partial charge in [0.15, 0.2) is 0 Å². The van der Waals surface area contributed by atoms with E-state index >= 15 is 0 Å². The molecule has 2 heterocycles. The molecule has 2 aromatic rings. The second kappa shape index (κ2) is 8.86. The Morgan fingerprint density at radius 2 is 1.65 bits per heavy atom. The van der Waals surface area contributed by atoms with Gasteiger partial charge in [-0.2, -0.15) is 0 Å². The van der Waals surface area contributed by atoms with Crippen molar-refractivity contribution in [2.24, 2.45) is 0 Å². The third-order valence-electron chi connectivity index (χ3n) is 5.93. The Bertz CT molecular complexity index is 924. The summed E-state index contributed by atoms with van der Waals surface area (Å²) in [5.74, 6) is -1.29. The Balaban J connectivity index is 1.47. The van der Waals surface area contributed by atoms with E-state index in [2.05, 4.69) is 9.64 Å². The van der Waals surface area contributed by atoms with E-state index < -0.39 is 12.2 Å². The third-order valence-corrected chi connectivity index (χ3v) is 5.93. The average Bonchev–Trinajstić information content (AvgIpc) is 3.39. The molecule has 166 valence electrons. The van der Waals surface area contributed by atoms with Crippen molar-refractivity contribution < 1.29 is 27.1 Å². The zero-order valence-electron chi connectivity index (χ0n) is 17.0. The number of ether oxygens (including phenoxy) is 1. The van der Waals surface area contributed by atoms with Gasteiger partial charge in [0.2, 0.25) is 0 Å². The molecule has 0 saturated carbocycles. The Morgan fingerprint density at radius 3 is 2.29 bits per heavy atom. The minimum atomic E-state index is -4.77. The number of carbonyl (C=O) groups is 1. The summed E-state index contributed by atoms with van der Waals surface area (Å²) in [4.78, 5) is 17.2. The molecule has 1 unspecified atom stereocenters. The highest BCUT2D eigenvalue weighted by molar-refractivity contribution is 5.95. The highest BCUT2D eigenvalue weighted by Crippen LogP contribution is 2.29. The first-order valence-electron chi connectivity index (χ1n) is 10.5. The van der Waals surface area contributed by atoms with Crippen molar-refractivity contribution >= 4 is 5.91 Å². The van der Waals surface area contributed by atoms with Crippen LogP contribution in [0.2, 0.25) is 0 Å². The van der Waals surface area contributed by atoms with Gasteiger partial charge in [-0.3, -0.25) is 4.79 Å². The molecular weight excluding hydrogens is 412 g/mol. The Morgan fingerprint density at radius 1 is 0.968 bits per heavy atom. The molecule has 0 bridgehead atoms. The first kappa shape index (κ1) is 21.6. The van der Waals surface area contributed by atoms with Crippen LogP contribution in [0.5, 0.6) is 5.75 Å². The minimum Gasteiger partial charge on any atom is -0.406 e. The first-order valence-corrected chi connectivity index (χ1v) is 10.5. The van der Waals surface area contributed by atoms with Crippen LogP contribution in [0.1, 0.15) is 36.0 Å². The van der Waals surface area contributed by atoms with E-state index in [1.54, 1.807) is 11.0 Å². The van der Waals surface area contributed by atoms with Gasteiger partial charge in [-0.25, -0.2) is 4.39 Å². The second-order valence-corrected chi connectivity index (χ2v) is 8.07. The summed E-state index contributed by atoms with van der Waals surface area (Å²) < 4.78 is 55.6. The molecule has 1 atom stereocenters. The smallest absolute Gasteiger partial charge is 0.406 e. The minimum absolute atomic E-state index is 0.0223. The average molecular weight is 436 g/mol. The fourth-order valence-corrected chi connectivity index (χ4v) is 4.43. The number of carbonyl (C=O) groups excluding carboxylic acids is 1. The Kier molecular flexibility index (Phi) is 6.18. The predicted octanol–water partition coefficient (Wildman–Crippen LogP) is 5.09. The summed E-state index contributed by atoms with van der Waals surface area (Å²) in [6.45, 7) is 3.56. The Labute approximate surface area is 178 Å². The monoisotopic (exact) mass is 436 g/mol. The Hall–Kier alpha value is -2.61. The largest absolute Gasteiger partial charge is 0.573 e. The molecule has 2 aromatic carbocycles. The molecule has 4 rings (SSSR count). The van der Waals surface area contributed by atoms with E-state index in [0.717, 1.165) is 32.5 Å². The fourth-order valence-electron chi connectivity index (χ4n) is 4.43. The number of nitrogens with zero attached hydrogens (tertiary/aromatic N) is 2. The molecule has 0 N–H and O–H groups in total. The van der Waals surface area contributed by atoms with Crippen molar-refractivity contribution in [2.45, 2.75) is 38.1 Å². The lowest BCUT2D eigenvalue weighted by atomic mass is 10.0. The molecule has 0 aliphatic carbocycles. The van der Waals surface area contributed by atoms with Crippen molar-refractivity contribution in [3.05, 3.63) is 53.8 Å². The van der Waals surface area contributed by atoms with Crippen molar-refractivity contribution in [3.8, 4) is 16.9 Å². The number of amides is 1. The summed E-state index contributed by atoms with van der Waals surface area (Å²) in [7, 11) is 0. The highest BCUT2D eigenvalue weighted by Gasteiger charge is 2.33. The van der Waals surface area contributed by atoms with E-state index in [9.17, 15) is 22.4 Å². The van der Waals surface area contributed by atoms with Gasteiger partial charge < -0.3 is 14.5 Å². The van der Waals surface area contributed by atoms with E-state index in [1.165, 1.54) is 49.2 Å². The molecule has 1 amide bonds. The van der Waals surface area contributed by atoms with Crippen LogP contribution in [0, 0.1) is 5.82 Å². The van der Waals surface area contributed by atoms with E-state index in [4.69, 9.17) is 0 Å². The van der Waals surface area contributed by atoms with Crippen LogP contribution in [0.15, 0.2) is 42.5 Å². The molecule has 8 heteroatoms. The normalized spacial score (nSPS) is 19.7. The molecule has 0 radical (unpaired) electrons. The van der Waals surface area contributed by atoms with Gasteiger partial charge in [0.25, 0.3) is 5.91 Å². The first-order chi connectivity index (χ1) is 14.8. The van der Waals surface area contributed by atoms with E-state index in [1.807, 2.05) is 0 Å². The number of hydrogen-bond acceptors (Lipinski definition) is 3. The van der Waals surface area contributed by atoms with Gasteiger partial charge in [0, 0.05) is 19.1 Å². The molecule has 0 aromatic heterocycles. The summed E-state index contributed by atoms with van der Waals surface area (Å²) in [5.41, 5.74) is 1.03. The lowest BCUT2D eigenvalue weighted by Gasteiger charge is -2.28. The highest BCUT2D eigenvalue weighted by atomic mass is 19.4. The SMILES string of the molecule is O=C(c1ccc(-c2ccc(OC(F)(F)F)cc2)cc1F)N1CCCC1CN1CCCC1. The van der Waals surface area contributed by atoms with Gasteiger partial charge in [0.1, 0.15) is 11.6 Å². The number of hydrogen-bond donors (Lipinski definition) is 0. The maximum absolute atomic E-state index is 14.8. The topological polar surface area (TPSA) is 32.8 Å². The molecule has 4 nitrogen and oxygen atoms in total. The summed E-state index contributed by atoms with van der Waals surface area (Å²) in [6.07, 6.45) is -0.567. The second-order valence-electron chi connectivity index (χ2n) is 8.07. The summed E-state index contributed by atoms with van der Waals surface area (Å²) in [6, 6.07) is 9.61. The van der Waals surface area contributed by atoms with Gasteiger partial charge in [0.05, 0.1) is 5.56 Å². The van der Waals surface area contributed by atoms with Gasteiger partial charge in [-0.1, -0.05) is 18.2 Å². The molecule has 31 heavy (non-hydrogen) atoms. The number of benzene rings is 2. The zero-order chi connectivity index (χ0) is 22.0. The van der Waals surface area contributed by atoms with Crippen LogP contribution < -0.4 is 4.74 Å². The van der Waals surface area contributed by atoms with Gasteiger partial charge >= 0.3 is 6.36 Å². The standard InChI is InChI=1S/C23H24F4N2O2/c24-21-14-17(16-5-8-19(9-6-16)31-23(25,26)27)7-10-20(21)22(30)29-13-3-4-18(29)15-28-11-1-2-12-28/h5-10,14,18H,1-4,11-13,15H2. The van der Waals surface area contributed by atoms with Crippen molar-refractivity contribution in [1.82, 2.24) is 9.80 Å². The third kappa shape index (κ3) is 5.18.